The van der Waals surface area contributed by atoms with Gasteiger partial charge in [-0.1, -0.05) is 24.0 Å². The first-order valence-corrected chi connectivity index (χ1v) is 11.0. The Kier molecular flexibility index (Phi) is 7.30. The number of nitrogens with two attached hydrogens (primary N) is 1. The van der Waals surface area contributed by atoms with Crippen LogP contribution >= 0.6 is 24.0 Å². The second kappa shape index (κ2) is 9.74. The Morgan fingerprint density at radius 3 is 2.60 bits per heavy atom. The van der Waals surface area contributed by atoms with Crippen molar-refractivity contribution in [1.82, 2.24) is 14.8 Å². The molecule has 162 valence electrons. The van der Waals surface area contributed by atoms with Crippen molar-refractivity contribution in [2.24, 2.45) is 5.73 Å². The molecule has 1 unspecified atom stereocenters. The summed E-state index contributed by atoms with van der Waals surface area (Å²) < 4.78 is 24.4. The second-order valence-corrected chi connectivity index (χ2v) is 8.34. The van der Waals surface area contributed by atoms with Crippen molar-refractivity contribution in [2.75, 3.05) is 38.8 Å². The number of carbonyl (C=O) groups excluding carboxylic acids is 1. The summed E-state index contributed by atoms with van der Waals surface area (Å²) in [6.45, 7) is 2.34. The van der Waals surface area contributed by atoms with Gasteiger partial charge in [0.05, 0.1) is 17.8 Å². The molecule has 4 rings (SSSR count). The molecule has 1 aromatic rings. The molecule has 0 saturated carbocycles. The van der Waals surface area contributed by atoms with Crippen molar-refractivity contribution in [3.05, 3.63) is 46.1 Å². The molecule has 3 aliphatic rings. The number of rotatable bonds is 4. The molecule has 0 aromatic carbocycles. The van der Waals surface area contributed by atoms with Crippen LogP contribution in [0.2, 0.25) is 0 Å². The lowest BCUT2D eigenvalue weighted by Crippen LogP contribution is -2.37. The van der Waals surface area contributed by atoms with Gasteiger partial charge in [0.2, 0.25) is 5.95 Å². The Hall–Kier alpha value is -2.20. The molecule has 0 aliphatic carbocycles. The van der Waals surface area contributed by atoms with E-state index in [2.05, 4.69) is 9.88 Å². The SMILES string of the molecule is CF.CN1C2=C(SC1c1ccc(N3CCCC3)nc1F)C(=O)N(/C(C=S)=C/N)CC2. The largest absolute Gasteiger partial charge is 0.403 e. The molecule has 0 spiro atoms. The van der Waals surface area contributed by atoms with Gasteiger partial charge in [0.15, 0.2) is 0 Å². The summed E-state index contributed by atoms with van der Waals surface area (Å²) in [6, 6.07) is 3.68. The molecule has 0 bridgehead atoms. The van der Waals surface area contributed by atoms with Gasteiger partial charge in [0.1, 0.15) is 11.2 Å². The zero-order valence-corrected chi connectivity index (χ0v) is 18.6. The minimum Gasteiger partial charge on any atom is -0.403 e. The van der Waals surface area contributed by atoms with Gasteiger partial charge in [-0.15, -0.1) is 0 Å². The van der Waals surface area contributed by atoms with Gasteiger partial charge in [-0.25, -0.2) is 4.98 Å². The van der Waals surface area contributed by atoms with E-state index in [1.165, 1.54) is 23.3 Å². The molecule has 1 amide bonds. The molecule has 1 atom stereocenters. The van der Waals surface area contributed by atoms with Crippen molar-refractivity contribution >= 4 is 41.1 Å². The van der Waals surface area contributed by atoms with Crippen molar-refractivity contribution in [1.29, 1.82) is 0 Å². The summed E-state index contributed by atoms with van der Waals surface area (Å²) in [5, 5.41) is 1.09. The van der Waals surface area contributed by atoms with Crippen LogP contribution < -0.4 is 10.6 Å². The van der Waals surface area contributed by atoms with Gasteiger partial charge in [-0.2, -0.15) is 4.39 Å². The number of halogens is 2. The summed E-state index contributed by atoms with van der Waals surface area (Å²) >= 11 is 6.32. The average Bonchev–Trinajstić information content (AvgIpc) is 3.41. The van der Waals surface area contributed by atoms with E-state index in [0.29, 0.717) is 42.1 Å². The summed E-state index contributed by atoms with van der Waals surface area (Å²) in [7, 11) is 2.40. The van der Waals surface area contributed by atoms with Crippen LogP contribution in [0.5, 0.6) is 0 Å². The number of pyridine rings is 1. The fourth-order valence-electron chi connectivity index (χ4n) is 3.92. The molecule has 0 radical (unpaired) electrons. The Labute approximate surface area is 184 Å². The fraction of sp³-hybridized carbons (Fsp3) is 0.450. The topological polar surface area (TPSA) is 65.7 Å². The van der Waals surface area contributed by atoms with Crippen LogP contribution in [0.3, 0.4) is 0 Å². The monoisotopic (exact) mass is 453 g/mol. The smallest absolute Gasteiger partial charge is 0.266 e. The zero-order valence-electron chi connectivity index (χ0n) is 17.0. The first-order chi connectivity index (χ1) is 14.5. The number of aromatic nitrogens is 1. The first kappa shape index (κ1) is 22.5. The van der Waals surface area contributed by atoms with Crippen LogP contribution in [-0.4, -0.2) is 59.9 Å². The molecular formula is C20H25F2N5OS2. The third-order valence-electron chi connectivity index (χ3n) is 5.44. The Morgan fingerprint density at radius 2 is 2.00 bits per heavy atom. The zero-order chi connectivity index (χ0) is 21.8. The maximum absolute atomic E-state index is 14.9. The highest BCUT2D eigenvalue weighted by molar-refractivity contribution is 8.04. The molecule has 1 saturated heterocycles. The first-order valence-electron chi connectivity index (χ1n) is 9.66. The van der Waals surface area contributed by atoms with Crippen molar-refractivity contribution < 1.29 is 13.6 Å². The predicted octanol–water partition coefficient (Wildman–Crippen LogP) is 3.33. The van der Waals surface area contributed by atoms with Crippen molar-refractivity contribution in [2.45, 2.75) is 24.6 Å². The van der Waals surface area contributed by atoms with Gasteiger partial charge in [-0.3, -0.25) is 9.18 Å². The number of allylic oxidation sites excluding steroid dienone is 1. The van der Waals surface area contributed by atoms with Gasteiger partial charge in [-0.05, 0) is 25.0 Å². The van der Waals surface area contributed by atoms with Gasteiger partial charge in [0.25, 0.3) is 5.91 Å². The molecular weight excluding hydrogens is 428 g/mol. The summed E-state index contributed by atoms with van der Waals surface area (Å²) in [6.07, 6.45) is 4.24. The minimum atomic E-state index is -0.473. The van der Waals surface area contributed by atoms with E-state index >= 15 is 0 Å². The Bertz CT molecular complexity index is 886. The summed E-state index contributed by atoms with van der Waals surface area (Å²) in [5.74, 6) is 0.0721. The van der Waals surface area contributed by atoms with E-state index in [0.717, 1.165) is 31.6 Å². The molecule has 30 heavy (non-hydrogen) atoms. The summed E-state index contributed by atoms with van der Waals surface area (Å²) in [4.78, 5) is 23.4. The fourth-order valence-corrected chi connectivity index (χ4v) is 5.53. The lowest BCUT2D eigenvalue weighted by Gasteiger charge is -2.30. The highest BCUT2D eigenvalue weighted by atomic mass is 32.2. The van der Waals surface area contributed by atoms with E-state index in [1.807, 2.05) is 18.0 Å². The van der Waals surface area contributed by atoms with E-state index < -0.39 is 5.95 Å². The average molecular weight is 454 g/mol. The van der Waals surface area contributed by atoms with E-state index in [9.17, 15) is 13.6 Å². The minimum absolute atomic E-state index is 0.138. The van der Waals surface area contributed by atoms with E-state index in [4.69, 9.17) is 18.0 Å². The second-order valence-electron chi connectivity index (χ2n) is 7.02. The van der Waals surface area contributed by atoms with Crippen LogP contribution in [0.4, 0.5) is 14.6 Å². The number of amides is 1. The lowest BCUT2D eigenvalue weighted by molar-refractivity contribution is -0.124. The number of carbonyl (C=O) groups is 1. The number of hydrogen-bond donors (Lipinski definition) is 1. The molecule has 2 N–H and O–H groups in total. The van der Waals surface area contributed by atoms with E-state index in [-0.39, 0.29) is 11.3 Å². The van der Waals surface area contributed by atoms with Gasteiger partial charge in [0, 0.05) is 55.9 Å². The highest BCUT2D eigenvalue weighted by Gasteiger charge is 2.41. The quantitative estimate of drug-likeness (QED) is 0.426. The Morgan fingerprint density at radius 1 is 1.30 bits per heavy atom. The molecule has 6 nitrogen and oxygen atoms in total. The van der Waals surface area contributed by atoms with E-state index in [1.54, 1.807) is 11.0 Å². The standard InChI is InChI=1S/C19H22FN5OS2.CH3F/c1-23-14-6-9-25(12(10-21)11-27)18(26)16(14)28-19(23)13-4-5-15(22-17(13)20)24-7-2-3-8-24;1-2/h4-5,10-11,19H,2-3,6-9,21H2,1H3;1H3/b12-10+;. The Balaban J connectivity index is 0.00000124. The number of thioether (sulfide) groups is 1. The van der Waals surface area contributed by atoms with Gasteiger partial charge < -0.3 is 20.4 Å². The summed E-state index contributed by atoms with van der Waals surface area (Å²) in [5.41, 5.74) is 7.54. The number of thiocarbonyl (C=S) groups is 1. The number of hydrogen-bond acceptors (Lipinski definition) is 7. The molecule has 10 heteroatoms. The maximum Gasteiger partial charge on any atom is 0.266 e. The normalized spacial score (nSPS) is 21.6. The van der Waals surface area contributed by atoms with Gasteiger partial charge >= 0.3 is 0 Å². The van der Waals surface area contributed by atoms with Crippen LogP contribution in [0.25, 0.3) is 0 Å². The molecule has 1 fully saturated rings. The maximum atomic E-state index is 14.9. The molecule has 3 aliphatic heterocycles. The highest BCUT2D eigenvalue weighted by Crippen LogP contribution is 2.50. The lowest BCUT2D eigenvalue weighted by atomic mass is 10.1. The number of nitrogens with zero attached hydrogens (tertiary/aromatic N) is 4. The molecule has 4 heterocycles. The number of alkyl halides is 1. The third kappa shape index (κ3) is 4.02. The van der Waals surface area contributed by atoms with Crippen molar-refractivity contribution in [3.63, 3.8) is 0 Å². The van der Waals surface area contributed by atoms with Crippen LogP contribution in [-0.2, 0) is 4.79 Å². The predicted molar refractivity (Wildman–Crippen MR) is 120 cm³/mol. The third-order valence-corrected chi connectivity index (χ3v) is 7.12. The number of anilines is 1. The van der Waals surface area contributed by atoms with Crippen LogP contribution in [0.1, 0.15) is 30.2 Å². The molecule has 1 aromatic heterocycles. The van der Waals surface area contributed by atoms with Crippen LogP contribution in [0, 0.1) is 5.95 Å². The van der Waals surface area contributed by atoms with Crippen LogP contribution in [0.15, 0.2) is 34.6 Å². The van der Waals surface area contributed by atoms with Crippen molar-refractivity contribution in [3.8, 4) is 0 Å².